The highest BCUT2D eigenvalue weighted by molar-refractivity contribution is 6.10. The SMILES string of the molecule is CC1(C)c2ccccc2Oc2c(-c3ccc4c(c3)c3ccccc3n4-c3ccc4ccccc4c3)cccc21. The molecule has 2 nitrogen and oxygen atoms in total. The van der Waals surface area contributed by atoms with Gasteiger partial charge in [0.05, 0.1) is 11.0 Å². The van der Waals surface area contributed by atoms with E-state index in [4.69, 9.17) is 4.74 Å². The second-order valence-electron chi connectivity index (χ2n) is 11.0. The first kappa shape index (κ1) is 22.2. The van der Waals surface area contributed by atoms with Crippen LogP contribution in [0, 0.1) is 0 Å². The van der Waals surface area contributed by atoms with Gasteiger partial charge in [0.15, 0.2) is 0 Å². The third-order valence-electron chi connectivity index (χ3n) is 8.44. The summed E-state index contributed by atoms with van der Waals surface area (Å²) in [6.07, 6.45) is 0. The van der Waals surface area contributed by atoms with E-state index in [0.29, 0.717) is 0 Å². The summed E-state index contributed by atoms with van der Waals surface area (Å²) in [7, 11) is 0. The molecule has 7 aromatic rings. The minimum Gasteiger partial charge on any atom is -0.456 e. The lowest BCUT2D eigenvalue weighted by Gasteiger charge is -2.35. The number of nitrogens with zero attached hydrogens (tertiary/aromatic N) is 1. The van der Waals surface area contributed by atoms with Crippen LogP contribution in [0.3, 0.4) is 0 Å². The van der Waals surface area contributed by atoms with Gasteiger partial charge < -0.3 is 9.30 Å². The predicted molar refractivity (Wildman–Crippen MR) is 162 cm³/mol. The van der Waals surface area contributed by atoms with E-state index in [1.165, 1.54) is 49.4 Å². The van der Waals surface area contributed by atoms with Crippen LogP contribution in [0.2, 0.25) is 0 Å². The largest absolute Gasteiger partial charge is 0.456 e. The number of hydrogen-bond donors (Lipinski definition) is 0. The molecule has 0 radical (unpaired) electrons. The maximum Gasteiger partial charge on any atom is 0.139 e. The zero-order valence-electron chi connectivity index (χ0n) is 22.0. The van der Waals surface area contributed by atoms with Crippen LogP contribution >= 0.6 is 0 Å². The van der Waals surface area contributed by atoms with Crippen molar-refractivity contribution in [2.45, 2.75) is 19.3 Å². The van der Waals surface area contributed by atoms with E-state index < -0.39 is 0 Å². The molecule has 2 heterocycles. The molecule has 186 valence electrons. The molecule has 1 aliphatic heterocycles. The van der Waals surface area contributed by atoms with Gasteiger partial charge >= 0.3 is 0 Å². The molecule has 8 rings (SSSR count). The summed E-state index contributed by atoms with van der Waals surface area (Å²) >= 11 is 0. The number of benzene rings is 6. The molecule has 0 bridgehead atoms. The normalized spacial score (nSPS) is 13.8. The molecular formula is C37H27NO. The third kappa shape index (κ3) is 3.21. The second-order valence-corrected chi connectivity index (χ2v) is 11.0. The Morgan fingerprint density at radius 1 is 0.564 bits per heavy atom. The average Bonchev–Trinajstić information content (AvgIpc) is 3.30. The van der Waals surface area contributed by atoms with Crippen LogP contribution in [0.1, 0.15) is 25.0 Å². The van der Waals surface area contributed by atoms with Crippen molar-refractivity contribution >= 4 is 32.6 Å². The van der Waals surface area contributed by atoms with Crippen molar-refractivity contribution in [3.05, 3.63) is 139 Å². The first-order chi connectivity index (χ1) is 19.1. The summed E-state index contributed by atoms with van der Waals surface area (Å²) in [6, 6.07) is 45.8. The minimum absolute atomic E-state index is 0.142. The summed E-state index contributed by atoms with van der Waals surface area (Å²) < 4.78 is 8.99. The Balaban J connectivity index is 1.35. The number of fused-ring (bicyclic) bond motifs is 6. The topological polar surface area (TPSA) is 14.2 Å². The Bertz CT molecular complexity index is 2080. The fourth-order valence-corrected chi connectivity index (χ4v) is 6.43. The van der Waals surface area contributed by atoms with Gasteiger partial charge in [0, 0.05) is 38.6 Å². The van der Waals surface area contributed by atoms with Crippen LogP contribution in [0.5, 0.6) is 11.5 Å². The van der Waals surface area contributed by atoms with Gasteiger partial charge in [0.1, 0.15) is 11.5 Å². The smallest absolute Gasteiger partial charge is 0.139 e. The summed E-state index contributed by atoms with van der Waals surface area (Å²) in [5.74, 6) is 1.90. The standard InChI is InChI=1S/C37H27NO/c1-37(2)31-14-6-8-17-35(31)39-36-28(13-9-15-32(36)37)26-19-21-34-30(23-26)29-12-5-7-16-33(29)38(34)27-20-18-24-10-3-4-11-25(24)22-27/h3-23H,1-2H3. The van der Waals surface area contributed by atoms with Crippen LogP contribution in [0.25, 0.3) is 49.4 Å². The highest BCUT2D eigenvalue weighted by atomic mass is 16.5. The van der Waals surface area contributed by atoms with Gasteiger partial charge in [-0.3, -0.25) is 0 Å². The molecule has 1 aliphatic rings. The van der Waals surface area contributed by atoms with Gasteiger partial charge in [-0.1, -0.05) is 105 Å². The summed E-state index contributed by atoms with van der Waals surface area (Å²) in [5, 5.41) is 4.99. The Morgan fingerprint density at radius 2 is 1.31 bits per heavy atom. The van der Waals surface area contributed by atoms with Crippen molar-refractivity contribution < 1.29 is 4.74 Å². The number of aromatic nitrogens is 1. The van der Waals surface area contributed by atoms with Crippen molar-refractivity contribution in [2.75, 3.05) is 0 Å². The second kappa shape index (κ2) is 8.09. The lowest BCUT2D eigenvalue weighted by atomic mass is 9.75. The maximum atomic E-state index is 6.61. The quantitative estimate of drug-likeness (QED) is 0.230. The first-order valence-electron chi connectivity index (χ1n) is 13.5. The van der Waals surface area contributed by atoms with Crippen molar-refractivity contribution in [2.24, 2.45) is 0 Å². The van der Waals surface area contributed by atoms with Gasteiger partial charge in [0.25, 0.3) is 0 Å². The summed E-state index contributed by atoms with van der Waals surface area (Å²) in [5.41, 5.74) is 8.17. The molecular weight excluding hydrogens is 474 g/mol. The van der Waals surface area contributed by atoms with Crippen LogP contribution in [-0.4, -0.2) is 4.57 Å². The van der Waals surface area contributed by atoms with Crippen LogP contribution < -0.4 is 4.74 Å². The zero-order valence-corrected chi connectivity index (χ0v) is 22.0. The molecule has 0 saturated carbocycles. The fraction of sp³-hybridized carbons (Fsp3) is 0.0811. The molecule has 0 saturated heterocycles. The van der Waals surface area contributed by atoms with Gasteiger partial charge in [0.2, 0.25) is 0 Å². The molecule has 6 aromatic carbocycles. The van der Waals surface area contributed by atoms with E-state index in [2.05, 4.69) is 146 Å². The van der Waals surface area contributed by atoms with Gasteiger partial charge in [-0.25, -0.2) is 0 Å². The molecule has 0 unspecified atom stereocenters. The van der Waals surface area contributed by atoms with E-state index in [1.807, 2.05) is 0 Å². The molecule has 0 spiro atoms. The highest BCUT2D eigenvalue weighted by Crippen LogP contribution is 2.51. The van der Waals surface area contributed by atoms with E-state index in [0.717, 1.165) is 22.6 Å². The highest BCUT2D eigenvalue weighted by Gasteiger charge is 2.35. The molecule has 0 amide bonds. The number of hydrogen-bond acceptors (Lipinski definition) is 1. The monoisotopic (exact) mass is 501 g/mol. The number of ether oxygens (including phenoxy) is 1. The molecule has 0 aliphatic carbocycles. The first-order valence-corrected chi connectivity index (χ1v) is 13.5. The van der Waals surface area contributed by atoms with Crippen molar-refractivity contribution in [1.29, 1.82) is 0 Å². The number of para-hydroxylation sites is 3. The van der Waals surface area contributed by atoms with Crippen LogP contribution in [0.15, 0.2) is 127 Å². The Kier molecular flexibility index (Phi) is 4.60. The zero-order chi connectivity index (χ0) is 26.1. The van der Waals surface area contributed by atoms with Gasteiger partial charge in [-0.15, -0.1) is 0 Å². The predicted octanol–water partition coefficient (Wildman–Crippen LogP) is 10.0. The van der Waals surface area contributed by atoms with Crippen molar-refractivity contribution in [3.8, 4) is 28.3 Å². The van der Waals surface area contributed by atoms with E-state index in [1.54, 1.807) is 0 Å². The maximum absolute atomic E-state index is 6.61. The van der Waals surface area contributed by atoms with E-state index >= 15 is 0 Å². The molecule has 0 fully saturated rings. The fourth-order valence-electron chi connectivity index (χ4n) is 6.43. The van der Waals surface area contributed by atoms with Crippen LogP contribution in [-0.2, 0) is 5.41 Å². The molecule has 2 heteroatoms. The van der Waals surface area contributed by atoms with Crippen LogP contribution in [0.4, 0.5) is 0 Å². The van der Waals surface area contributed by atoms with Crippen molar-refractivity contribution in [1.82, 2.24) is 4.57 Å². The summed E-state index contributed by atoms with van der Waals surface area (Å²) in [4.78, 5) is 0. The number of rotatable bonds is 2. The molecule has 39 heavy (non-hydrogen) atoms. The molecule has 0 N–H and O–H groups in total. The van der Waals surface area contributed by atoms with Gasteiger partial charge in [-0.2, -0.15) is 0 Å². The van der Waals surface area contributed by atoms with Crippen molar-refractivity contribution in [3.63, 3.8) is 0 Å². The average molecular weight is 502 g/mol. The minimum atomic E-state index is -0.142. The molecule has 0 atom stereocenters. The Labute approximate surface area is 227 Å². The third-order valence-corrected chi connectivity index (χ3v) is 8.44. The summed E-state index contributed by atoms with van der Waals surface area (Å²) in [6.45, 7) is 4.58. The lowest BCUT2D eigenvalue weighted by Crippen LogP contribution is -2.24. The Morgan fingerprint density at radius 3 is 2.23 bits per heavy atom. The van der Waals surface area contributed by atoms with E-state index in [-0.39, 0.29) is 5.41 Å². The van der Waals surface area contributed by atoms with Gasteiger partial charge in [-0.05, 0) is 52.7 Å². The lowest BCUT2D eigenvalue weighted by molar-refractivity contribution is 0.419. The Hall–Kier alpha value is -4.82. The van der Waals surface area contributed by atoms with E-state index in [9.17, 15) is 0 Å². The molecule has 1 aromatic heterocycles.